The largest absolute Gasteiger partial charge is 0.368 e. The smallest absolute Gasteiger partial charge is 0.234 e. The first-order valence-electron chi connectivity index (χ1n) is 5.24. The molecule has 3 nitrogen and oxygen atoms in total. The Hall–Kier alpha value is -1.42. The molecule has 4 heteroatoms. The van der Waals surface area contributed by atoms with E-state index in [1.165, 1.54) is 12.1 Å². The summed E-state index contributed by atoms with van der Waals surface area (Å²) in [6.07, 6.45) is 0.772. The Morgan fingerprint density at radius 3 is 2.50 bits per heavy atom. The first kappa shape index (κ1) is 12.6. The van der Waals surface area contributed by atoms with Crippen molar-refractivity contribution in [2.45, 2.75) is 19.4 Å². The molecule has 0 aliphatic carbocycles. The first-order valence-corrected chi connectivity index (χ1v) is 5.24. The van der Waals surface area contributed by atoms with E-state index in [4.69, 9.17) is 5.73 Å². The van der Waals surface area contributed by atoms with Gasteiger partial charge >= 0.3 is 0 Å². The van der Waals surface area contributed by atoms with Gasteiger partial charge in [0.05, 0.1) is 6.04 Å². The highest BCUT2D eigenvalue weighted by molar-refractivity contribution is 5.79. The van der Waals surface area contributed by atoms with Gasteiger partial charge in [-0.2, -0.15) is 0 Å². The summed E-state index contributed by atoms with van der Waals surface area (Å²) in [5, 5.41) is 0. The second kappa shape index (κ2) is 5.61. The molecule has 0 bridgehead atoms. The zero-order valence-electron chi connectivity index (χ0n) is 9.61. The number of nitrogens with zero attached hydrogens (tertiary/aromatic N) is 1. The molecular weight excluding hydrogens is 207 g/mol. The van der Waals surface area contributed by atoms with E-state index >= 15 is 0 Å². The molecule has 0 aromatic heterocycles. The summed E-state index contributed by atoms with van der Waals surface area (Å²) >= 11 is 0. The molecule has 1 aromatic rings. The van der Waals surface area contributed by atoms with Crippen molar-refractivity contribution in [3.63, 3.8) is 0 Å². The number of hydrogen-bond donors (Lipinski definition) is 1. The molecule has 0 saturated carbocycles. The van der Waals surface area contributed by atoms with Crippen LogP contribution < -0.4 is 5.73 Å². The number of rotatable bonds is 5. The number of primary amides is 1. The molecule has 0 heterocycles. The maximum atomic E-state index is 12.6. The molecule has 2 N–H and O–H groups in total. The molecule has 1 amide bonds. The van der Waals surface area contributed by atoms with E-state index in [2.05, 4.69) is 0 Å². The van der Waals surface area contributed by atoms with Crippen LogP contribution in [0.4, 0.5) is 4.39 Å². The predicted octanol–water partition coefficient (Wildman–Crippen LogP) is 1.17. The fourth-order valence-corrected chi connectivity index (χ4v) is 1.37. The van der Waals surface area contributed by atoms with Crippen LogP contribution in [0.1, 0.15) is 12.5 Å². The monoisotopic (exact) mass is 224 g/mol. The lowest BCUT2D eigenvalue weighted by molar-refractivity contribution is -0.122. The lowest BCUT2D eigenvalue weighted by atomic mass is 10.1. The van der Waals surface area contributed by atoms with Crippen LogP contribution in [-0.4, -0.2) is 30.4 Å². The highest BCUT2D eigenvalue weighted by Gasteiger charge is 2.13. The highest BCUT2D eigenvalue weighted by atomic mass is 19.1. The van der Waals surface area contributed by atoms with Crippen molar-refractivity contribution in [3.05, 3.63) is 35.6 Å². The number of amides is 1. The minimum absolute atomic E-state index is 0.234. The van der Waals surface area contributed by atoms with Gasteiger partial charge in [-0.3, -0.25) is 9.69 Å². The molecular formula is C12H17FN2O. The van der Waals surface area contributed by atoms with Gasteiger partial charge in [0.1, 0.15) is 5.82 Å². The van der Waals surface area contributed by atoms with Crippen molar-refractivity contribution in [2.75, 3.05) is 13.6 Å². The standard InChI is InChI=1S/C12H17FN2O/c1-9(12(14)16)15(2)8-7-10-3-5-11(13)6-4-10/h3-6,9H,7-8H2,1-2H3,(H2,14,16)/t9-/m0/s1. The van der Waals surface area contributed by atoms with Crippen molar-refractivity contribution in [1.82, 2.24) is 4.90 Å². The molecule has 1 aromatic carbocycles. The summed E-state index contributed by atoms with van der Waals surface area (Å²) in [7, 11) is 1.85. The number of halogens is 1. The second-order valence-corrected chi connectivity index (χ2v) is 3.94. The Bertz CT molecular complexity index is 351. The maximum Gasteiger partial charge on any atom is 0.234 e. The summed E-state index contributed by atoms with van der Waals surface area (Å²) in [6, 6.07) is 6.09. The Labute approximate surface area is 95.0 Å². The average Bonchev–Trinajstić information content (AvgIpc) is 2.26. The van der Waals surface area contributed by atoms with Crippen LogP contribution in [0.2, 0.25) is 0 Å². The van der Waals surface area contributed by atoms with Crippen molar-refractivity contribution < 1.29 is 9.18 Å². The van der Waals surface area contributed by atoms with Crippen molar-refractivity contribution in [2.24, 2.45) is 5.73 Å². The van der Waals surface area contributed by atoms with Crippen LogP contribution in [-0.2, 0) is 11.2 Å². The topological polar surface area (TPSA) is 46.3 Å². The summed E-state index contributed by atoms with van der Waals surface area (Å²) in [4.78, 5) is 12.8. The van der Waals surface area contributed by atoms with Crippen molar-refractivity contribution >= 4 is 5.91 Å². The molecule has 0 radical (unpaired) electrons. The molecule has 0 spiro atoms. The molecule has 0 saturated heterocycles. The van der Waals surface area contributed by atoms with Gasteiger partial charge in [0.25, 0.3) is 0 Å². The summed E-state index contributed by atoms with van der Waals surface area (Å²) in [5.41, 5.74) is 6.24. The Morgan fingerprint density at radius 1 is 1.44 bits per heavy atom. The van der Waals surface area contributed by atoms with Gasteiger partial charge < -0.3 is 5.73 Å². The highest BCUT2D eigenvalue weighted by Crippen LogP contribution is 2.05. The van der Waals surface area contributed by atoms with Crippen LogP contribution in [0.25, 0.3) is 0 Å². The summed E-state index contributed by atoms with van der Waals surface area (Å²) in [5.74, 6) is -0.566. The van der Waals surface area contributed by atoms with Gasteiger partial charge in [-0.15, -0.1) is 0 Å². The summed E-state index contributed by atoms with van der Waals surface area (Å²) in [6.45, 7) is 2.49. The molecule has 1 rings (SSSR count). The predicted molar refractivity (Wildman–Crippen MR) is 61.4 cm³/mol. The first-order chi connectivity index (χ1) is 7.50. The van der Waals surface area contributed by atoms with Crippen LogP contribution in [0.15, 0.2) is 24.3 Å². The number of likely N-dealkylation sites (N-methyl/N-ethyl adjacent to an activating group) is 1. The van der Waals surface area contributed by atoms with E-state index in [9.17, 15) is 9.18 Å². The van der Waals surface area contributed by atoms with Crippen molar-refractivity contribution in [1.29, 1.82) is 0 Å². The average molecular weight is 224 g/mol. The van der Waals surface area contributed by atoms with Gasteiger partial charge in [0.2, 0.25) is 5.91 Å². The van der Waals surface area contributed by atoms with Crippen LogP contribution in [0.3, 0.4) is 0 Å². The number of hydrogen-bond acceptors (Lipinski definition) is 2. The third kappa shape index (κ3) is 3.62. The molecule has 0 fully saturated rings. The molecule has 16 heavy (non-hydrogen) atoms. The van der Waals surface area contributed by atoms with E-state index in [0.717, 1.165) is 18.5 Å². The minimum Gasteiger partial charge on any atom is -0.368 e. The van der Waals surface area contributed by atoms with E-state index in [-0.39, 0.29) is 17.8 Å². The lowest BCUT2D eigenvalue weighted by Gasteiger charge is -2.21. The van der Waals surface area contributed by atoms with Gasteiger partial charge in [0.15, 0.2) is 0 Å². The van der Waals surface area contributed by atoms with Crippen LogP contribution in [0, 0.1) is 5.82 Å². The van der Waals surface area contributed by atoms with Gasteiger partial charge in [-0.25, -0.2) is 4.39 Å². The van der Waals surface area contributed by atoms with E-state index in [1.54, 1.807) is 19.1 Å². The Kier molecular flexibility index (Phi) is 4.43. The van der Waals surface area contributed by atoms with Crippen LogP contribution >= 0.6 is 0 Å². The zero-order valence-corrected chi connectivity index (χ0v) is 9.61. The third-order valence-corrected chi connectivity index (χ3v) is 2.74. The molecule has 88 valence electrons. The minimum atomic E-state index is -0.332. The fourth-order valence-electron chi connectivity index (χ4n) is 1.37. The number of carbonyl (C=O) groups is 1. The fraction of sp³-hybridized carbons (Fsp3) is 0.417. The zero-order chi connectivity index (χ0) is 12.1. The molecule has 0 aliphatic rings. The Morgan fingerprint density at radius 2 is 2.00 bits per heavy atom. The normalized spacial score (nSPS) is 12.8. The van der Waals surface area contributed by atoms with E-state index in [0.29, 0.717) is 0 Å². The number of nitrogens with two attached hydrogens (primary N) is 1. The molecule has 0 aliphatic heterocycles. The van der Waals surface area contributed by atoms with E-state index < -0.39 is 0 Å². The van der Waals surface area contributed by atoms with Gasteiger partial charge in [0, 0.05) is 6.54 Å². The summed E-state index contributed by atoms with van der Waals surface area (Å²) < 4.78 is 12.6. The lowest BCUT2D eigenvalue weighted by Crippen LogP contribution is -2.41. The van der Waals surface area contributed by atoms with Gasteiger partial charge in [-0.1, -0.05) is 12.1 Å². The van der Waals surface area contributed by atoms with Crippen molar-refractivity contribution in [3.8, 4) is 0 Å². The Balaban J connectivity index is 2.45. The number of benzene rings is 1. The maximum absolute atomic E-state index is 12.6. The SMILES string of the molecule is C[C@@H](C(N)=O)N(C)CCc1ccc(F)cc1. The van der Waals surface area contributed by atoms with Crippen LogP contribution in [0.5, 0.6) is 0 Å². The molecule has 0 unspecified atom stereocenters. The van der Waals surface area contributed by atoms with E-state index in [1.807, 2.05) is 11.9 Å². The van der Waals surface area contributed by atoms with Gasteiger partial charge in [-0.05, 0) is 38.1 Å². The molecule has 1 atom stereocenters. The third-order valence-electron chi connectivity index (χ3n) is 2.74. The second-order valence-electron chi connectivity index (χ2n) is 3.94. The quantitative estimate of drug-likeness (QED) is 0.816. The number of carbonyl (C=O) groups excluding carboxylic acids is 1.